The Morgan fingerprint density at radius 1 is 1.13 bits per heavy atom. The molecule has 0 radical (unpaired) electrons. The maximum Gasteiger partial charge on any atom is 0.274 e. The molecule has 0 aliphatic heterocycles. The number of nitrogens with one attached hydrogen (secondary N) is 2. The standard InChI is InChI=1S/C18H23N5O5S2/c24-16-3-1-5-19-14(16)12-29-9-7-21-18(11-23(26)27)22-8-10-30(28)13-15-17(25)4-2-6-20-15/h1-6,11,21-22,24-25H,7-10,12-13H2/b18-11-. The van der Waals surface area contributed by atoms with E-state index in [2.05, 4.69) is 20.6 Å². The van der Waals surface area contributed by atoms with Crippen molar-refractivity contribution in [2.75, 3.05) is 24.6 Å². The van der Waals surface area contributed by atoms with Crippen LogP contribution >= 0.6 is 11.8 Å². The average molecular weight is 454 g/mol. The molecule has 0 saturated carbocycles. The first-order valence-corrected chi connectivity index (χ1v) is 11.6. The van der Waals surface area contributed by atoms with E-state index in [0.29, 0.717) is 29.4 Å². The first-order valence-electron chi connectivity index (χ1n) is 8.97. The number of hydrogen-bond acceptors (Lipinski definition) is 10. The molecule has 0 spiro atoms. The van der Waals surface area contributed by atoms with Gasteiger partial charge < -0.3 is 20.8 Å². The molecule has 10 nitrogen and oxygen atoms in total. The summed E-state index contributed by atoms with van der Waals surface area (Å²) in [6.45, 7) is 0.706. The van der Waals surface area contributed by atoms with Crippen molar-refractivity contribution in [3.05, 3.63) is 70.2 Å². The summed E-state index contributed by atoms with van der Waals surface area (Å²) in [7, 11) is -1.29. The fourth-order valence-corrected chi connectivity index (χ4v) is 4.10. The SMILES string of the molecule is O=[N+]([O-])/C=C(/NCCSCc1ncccc1O)NCCS(=O)Cc1ncccc1O. The van der Waals surface area contributed by atoms with Crippen LogP contribution in [-0.2, 0) is 22.3 Å². The predicted molar refractivity (Wildman–Crippen MR) is 116 cm³/mol. The molecule has 2 aromatic heterocycles. The number of aromatic hydroxyl groups is 2. The summed E-state index contributed by atoms with van der Waals surface area (Å²) >= 11 is 1.52. The lowest BCUT2D eigenvalue weighted by Gasteiger charge is -2.11. The Morgan fingerprint density at radius 3 is 2.40 bits per heavy atom. The van der Waals surface area contributed by atoms with Crippen molar-refractivity contribution >= 4 is 22.6 Å². The molecular weight excluding hydrogens is 430 g/mol. The van der Waals surface area contributed by atoms with Gasteiger partial charge in [-0.2, -0.15) is 11.8 Å². The molecule has 0 fully saturated rings. The second kappa shape index (κ2) is 12.6. The van der Waals surface area contributed by atoms with E-state index in [0.717, 1.165) is 6.20 Å². The zero-order valence-corrected chi connectivity index (χ0v) is 17.7. The third-order valence-corrected chi connectivity index (χ3v) is 5.94. The van der Waals surface area contributed by atoms with Gasteiger partial charge in [0.05, 0.1) is 22.1 Å². The maximum atomic E-state index is 12.1. The van der Waals surface area contributed by atoms with Crippen LogP contribution in [-0.4, -0.2) is 53.9 Å². The summed E-state index contributed by atoms with van der Waals surface area (Å²) in [6.07, 6.45) is 3.94. The van der Waals surface area contributed by atoms with E-state index in [9.17, 15) is 24.5 Å². The molecule has 162 valence electrons. The minimum Gasteiger partial charge on any atom is -0.506 e. The van der Waals surface area contributed by atoms with Crippen LogP contribution in [0, 0.1) is 10.1 Å². The van der Waals surface area contributed by atoms with Crippen molar-refractivity contribution in [2.45, 2.75) is 11.5 Å². The molecule has 0 saturated heterocycles. The first-order chi connectivity index (χ1) is 14.5. The summed E-state index contributed by atoms with van der Waals surface area (Å²) in [6, 6.07) is 6.29. The second-order valence-corrected chi connectivity index (χ2v) is 8.64. The van der Waals surface area contributed by atoms with Crippen molar-refractivity contribution < 1.29 is 19.3 Å². The van der Waals surface area contributed by atoms with Gasteiger partial charge in [0.15, 0.2) is 5.82 Å². The minimum absolute atomic E-state index is 0.00839. The van der Waals surface area contributed by atoms with E-state index in [1.165, 1.54) is 24.0 Å². The van der Waals surface area contributed by atoms with E-state index in [-0.39, 0.29) is 35.4 Å². The highest BCUT2D eigenvalue weighted by Gasteiger charge is 2.09. The summed E-state index contributed by atoms with van der Waals surface area (Å²) in [4.78, 5) is 18.3. The Hall–Kier alpha value is -2.86. The fraction of sp³-hybridized carbons (Fsp3) is 0.333. The Labute approximate surface area is 180 Å². The quantitative estimate of drug-likeness (QED) is 0.199. The Morgan fingerprint density at radius 2 is 1.77 bits per heavy atom. The Kier molecular flexibility index (Phi) is 9.87. The molecule has 12 heteroatoms. The lowest BCUT2D eigenvalue weighted by molar-refractivity contribution is -0.404. The molecule has 0 amide bonds. The molecule has 2 aromatic rings. The molecule has 30 heavy (non-hydrogen) atoms. The summed E-state index contributed by atoms with van der Waals surface area (Å²) < 4.78 is 12.1. The second-order valence-electron chi connectivity index (χ2n) is 5.96. The predicted octanol–water partition coefficient (Wildman–Crippen LogP) is 1.32. The number of pyridine rings is 2. The summed E-state index contributed by atoms with van der Waals surface area (Å²) in [5.74, 6) is 1.85. The van der Waals surface area contributed by atoms with Crippen LogP contribution in [0.15, 0.2) is 48.7 Å². The zero-order valence-electron chi connectivity index (χ0n) is 16.1. The highest BCUT2D eigenvalue weighted by molar-refractivity contribution is 7.98. The van der Waals surface area contributed by atoms with Crippen molar-refractivity contribution in [3.8, 4) is 11.5 Å². The maximum absolute atomic E-state index is 12.1. The van der Waals surface area contributed by atoms with Crippen LogP contribution in [0.2, 0.25) is 0 Å². The van der Waals surface area contributed by atoms with Crippen LogP contribution in [0.3, 0.4) is 0 Å². The summed E-state index contributed by atoms with van der Waals surface area (Å²) in [5, 5.41) is 36.0. The summed E-state index contributed by atoms with van der Waals surface area (Å²) in [5.41, 5.74) is 0.939. The molecule has 2 heterocycles. The normalized spacial score (nSPS) is 12.3. The number of rotatable bonds is 13. The number of nitrogens with zero attached hydrogens (tertiary/aromatic N) is 3. The van der Waals surface area contributed by atoms with E-state index in [1.54, 1.807) is 24.4 Å². The fourth-order valence-electron chi connectivity index (χ4n) is 2.29. The van der Waals surface area contributed by atoms with Gasteiger partial charge in [-0.3, -0.25) is 24.3 Å². The number of thioether (sulfide) groups is 1. The van der Waals surface area contributed by atoms with Gasteiger partial charge >= 0.3 is 0 Å². The van der Waals surface area contributed by atoms with Crippen LogP contribution < -0.4 is 10.6 Å². The molecule has 4 N–H and O–H groups in total. The monoisotopic (exact) mass is 453 g/mol. The lowest BCUT2D eigenvalue weighted by Crippen LogP contribution is -2.31. The van der Waals surface area contributed by atoms with Crippen molar-refractivity contribution in [1.29, 1.82) is 0 Å². The molecule has 0 aromatic carbocycles. The van der Waals surface area contributed by atoms with Crippen LogP contribution in [0.1, 0.15) is 11.4 Å². The van der Waals surface area contributed by atoms with Gasteiger partial charge in [0.2, 0.25) is 0 Å². The number of aromatic nitrogens is 2. The van der Waals surface area contributed by atoms with Gasteiger partial charge in [-0.25, -0.2) is 0 Å². The third-order valence-electron chi connectivity index (χ3n) is 3.71. The highest BCUT2D eigenvalue weighted by atomic mass is 32.2. The van der Waals surface area contributed by atoms with E-state index < -0.39 is 15.7 Å². The topological polar surface area (TPSA) is 151 Å². The molecule has 1 atom stereocenters. The van der Waals surface area contributed by atoms with E-state index in [1.807, 2.05) is 0 Å². The van der Waals surface area contributed by atoms with Gasteiger partial charge in [0.25, 0.3) is 6.20 Å². The van der Waals surface area contributed by atoms with Crippen LogP contribution in [0.25, 0.3) is 0 Å². The lowest BCUT2D eigenvalue weighted by atomic mass is 10.3. The van der Waals surface area contributed by atoms with Gasteiger partial charge in [0.1, 0.15) is 11.5 Å². The first kappa shape index (κ1) is 23.4. The molecular formula is C18H23N5O5S2. The van der Waals surface area contributed by atoms with Crippen molar-refractivity contribution in [2.24, 2.45) is 0 Å². The average Bonchev–Trinajstić information content (AvgIpc) is 2.70. The molecule has 0 aliphatic carbocycles. The van der Waals surface area contributed by atoms with Crippen molar-refractivity contribution in [3.63, 3.8) is 0 Å². The van der Waals surface area contributed by atoms with Gasteiger partial charge in [-0.1, -0.05) is 0 Å². The van der Waals surface area contributed by atoms with Crippen LogP contribution in [0.4, 0.5) is 0 Å². The van der Waals surface area contributed by atoms with E-state index in [4.69, 9.17) is 0 Å². The molecule has 0 bridgehead atoms. The Bertz CT molecular complexity index is 897. The number of nitro groups is 1. The van der Waals surface area contributed by atoms with Gasteiger partial charge in [-0.15, -0.1) is 0 Å². The Balaban J connectivity index is 1.71. The molecule has 0 aliphatic rings. The van der Waals surface area contributed by atoms with Gasteiger partial charge in [0, 0.05) is 53.5 Å². The van der Waals surface area contributed by atoms with Crippen molar-refractivity contribution in [1.82, 2.24) is 20.6 Å². The van der Waals surface area contributed by atoms with Gasteiger partial charge in [-0.05, 0) is 24.3 Å². The third kappa shape index (κ3) is 8.66. The molecule has 2 rings (SSSR count). The largest absolute Gasteiger partial charge is 0.506 e. The highest BCUT2D eigenvalue weighted by Crippen LogP contribution is 2.18. The van der Waals surface area contributed by atoms with Crippen LogP contribution in [0.5, 0.6) is 11.5 Å². The zero-order chi connectivity index (χ0) is 21.8. The molecule has 1 unspecified atom stereocenters. The smallest absolute Gasteiger partial charge is 0.274 e. The number of hydrogen-bond donors (Lipinski definition) is 4. The minimum atomic E-state index is -1.29. The van der Waals surface area contributed by atoms with E-state index >= 15 is 0 Å².